The summed E-state index contributed by atoms with van der Waals surface area (Å²) < 4.78 is 0. The fraction of sp³-hybridized carbons (Fsp3) is 0.471. The first-order chi connectivity index (χ1) is 10.1. The van der Waals surface area contributed by atoms with Gasteiger partial charge in [0.2, 0.25) is 0 Å². The highest BCUT2D eigenvalue weighted by Crippen LogP contribution is 2.12. The molecule has 0 fully saturated rings. The van der Waals surface area contributed by atoms with Gasteiger partial charge in [-0.2, -0.15) is 11.8 Å². The molecular formula is C17H24N2OS. The number of rotatable bonds is 6. The number of hydrogen-bond acceptors (Lipinski definition) is 3. The molecule has 0 aliphatic carbocycles. The Morgan fingerprint density at radius 1 is 1.48 bits per heavy atom. The van der Waals surface area contributed by atoms with Crippen molar-refractivity contribution in [2.45, 2.75) is 33.2 Å². The van der Waals surface area contributed by atoms with Crippen molar-refractivity contribution < 1.29 is 4.79 Å². The zero-order valence-corrected chi connectivity index (χ0v) is 13.8. The lowest BCUT2D eigenvalue weighted by Crippen LogP contribution is -2.33. The summed E-state index contributed by atoms with van der Waals surface area (Å²) in [7, 11) is 0. The number of benzene rings is 1. The van der Waals surface area contributed by atoms with Crippen LogP contribution in [0.2, 0.25) is 0 Å². The Morgan fingerprint density at radius 2 is 2.24 bits per heavy atom. The Morgan fingerprint density at radius 3 is 2.90 bits per heavy atom. The van der Waals surface area contributed by atoms with Crippen LogP contribution in [0, 0.1) is 18.8 Å². The summed E-state index contributed by atoms with van der Waals surface area (Å²) in [5.41, 5.74) is 7.86. The first kappa shape index (κ1) is 17.6. The second-order valence-electron chi connectivity index (χ2n) is 4.92. The lowest BCUT2D eigenvalue weighted by atomic mass is 10.0. The summed E-state index contributed by atoms with van der Waals surface area (Å²) in [5, 5.41) is 3.04. The third-order valence-corrected chi connectivity index (χ3v) is 3.95. The highest BCUT2D eigenvalue weighted by atomic mass is 32.2. The van der Waals surface area contributed by atoms with Gasteiger partial charge in [-0.3, -0.25) is 4.79 Å². The van der Waals surface area contributed by atoms with Crippen molar-refractivity contribution in [1.29, 1.82) is 0 Å². The molecule has 1 atom stereocenters. The van der Waals surface area contributed by atoms with Crippen LogP contribution in [-0.2, 0) is 0 Å². The summed E-state index contributed by atoms with van der Waals surface area (Å²) in [6, 6.07) is 5.85. The second-order valence-corrected chi connectivity index (χ2v) is 6.31. The highest BCUT2D eigenvalue weighted by molar-refractivity contribution is 7.99. The van der Waals surface area contributed by atoms with Gasteiger partial charge in [0.1, 0.15) is 0 Å². The smallest absolute Gasteiger partial charge is 0.252 e. The molecule has 0 aromatic heterocycles. The molecule has 3 N–H and O–H groups in total. The topological polar surface area (TPSA) is 55.1 Å². The largest absolute Gasteiger partial charge is 0.350 e. The Labute approximate surface area is 132 Å². The van der Waals surface area contributed by atoms with Gasteiger partial charge in [0, 0.05) is 11.6 Å². The van der Waals surface area contributed by atoms with Crippen LogP contribution < -0.4 is 11.1 Å². The molecule has 0 bridgehead atoms. The number of amides is 1. The molecule has 1 aromatic rings. The van der Waals surface area contributed by atoms with Gasteiger partial charge in [-0.25, -0.2) is 0 Å². The maximum Gasteiger partial charge on any atom is 0.252 e. The van der Waals surface area contributed by atoms with Crippen LogP contribution in [0.5, 0.6) is 0 Å². The van der Waals surface area contributed by atoms with Gasteiger partial charge in [0.05, 0.1) is 12.1 Å². The minimum absolute atomic E-state index is 0.0645. The lowest BCUT2D eigenvalue weighted by Gasteiger charge is -2.14. The molecule has 0 heterocycles. The van der Waals surface area contributed by atoms with Crippen molar-refractivity contribution in [1.82, 2.24) is 5.32 Å². The summed E-state index contributed by atoms with van der Waals surface area (Å²) in [6.45, 7) is 6.45. The van der Waals surface area contributed by atoms with Gasteiger partial charge in [-0.05, 0) is 49.5 Å². The zero-order valence-electron chi connectivity index (χ0n) is 13.0. The maximum atomic E-state index is 12.4. The number of aryl methyl sites for hydroxylation is 1. The van der Waals surface area contributed by atoms with E-state index in [-0.39, 0.29) is 11.9 Å². The van der Waals surface area contributed by atoms with Crippen molar-refractivity contribution in [3.8, 4) is 11.8 Å². The molecule has 3 nitrogen and oxygen atoms in total. The third-order valence-electron chi connectivity index (χ3n) is 3.02. The van der Waals surface area contributed by atoms with E-state index in [1.807, 2.05) is 43.8 Å². The normalized spacial score (nSPS) is 11.4. The van der Waals surface area contributed by atoms with Gasteiger partial charge in [-0.1, -0.05) is 24.8 Å². The van der Waals surface area contributed by atoms with E-state index in [1.54, 1.807) is 0 Å². The van der Waals surface area contributed by atoms with Crippen LogP contribution in [0.25, 0.3) is 0 Å². The van der Waals surface area contributed by atoms with Crippen molar-refractivity contribution in [3.63, 3.8) is 0 Å². The quantitative estimate of drug-likeness (QED) is 0.627. The molecule has 1 aromatic carbocycles. The predicted octanol–water partition coefficient (Wildman–Crippen LogP) is 2.57. The molecular weight excluding hydrogens is 280 g/mol. The number of carbonyl (C=O) groups is 1. The number of carbonyl (C=O) groups excluding carboxylic acids is 1. The predicted molar refractivity (Wildman–Crippen MR) is 91.7 cm³/mol. The van der Waals surface area contributed by atoms with E-state index in [0.29, 0.717) is 12.1 Å². The number of hydrogen-bond donors (Lipinski definition) is 2. The van der Waals surface area contributed by atoms with Gasteiger partial charge in [0.25, 0.3) is 5.91 Å². The lowest BCUT2D eigenvalue weighted by molar-refractivity contribution is 0.0939. The first-order valence-electron chi connectivity index (χ1n) is 7.26. The number of nitrogens with one attached hydrogen (secondary N) is 1. The minimum Gasteiger partial charge on any atom is -0.350 e. The molecule has 1 amide bonds. The van der Waals surface area contributed by atoms with Crippen LogP contribution in [0.1, 0.15) is 41.8 Å². The van der Waals surface area contributed by atoms with E-state index in [0.717, 1.165) is 29.1 Å². The molecule has 114 valence electrons. The van der Waals surface area contributed by atoms with Gasteiger partial charge >= 0.3 is 0 Å². The summed E-state index contributed by atoms with van der Waals surface area (Å²) in [6.07, 6.45) is 0.972. The minimum atomic E-state index is -0.0645. The fourth-order valence-electron chi connectivity index (χ4n) is 1.88. The number of nitrogens with two attached hydrogens (primary N) is 1. The molecule has 0 saturated carbocycles. The van der Waals surface area contributed by atoms with Crippen LogP contribution in [0.3, 0.4) is 0 Å². The van der Waals surface area contributed by atoms with Crippen molar-refractivity contribution >= 4 is 17.7 Å². The van der Waals surface area contributed by atoms with Crippen LogP contribution in [-0.4, -0.2) is 30.0 Å². The Hall–Kier alpha value is -1.44. The molecule has 0 radical (unpaired) electrons. The summed E-state index contributed by atoms with van der Waals surface area (Å²) in [5.74, 6) is 7.90. The van der Waals surface area contributed by atoms with E-state index in [4.69, 9.17) is 5.73 Å². The molecule has 1 rings (SSSR count). The van der Waals surface area contributed by atoms with Crippen molar-refractivity contribution in [2.75, 3.05) is 18.1 Å². The van der Waals surface area contributed by atoms with Crippen molar-refractivity contribution in [3.05, 3.63) is 34.9 Å². The Bertz CT molecular complexity index is 531. The van der Waals surface area contributed by atoms with E-state index in [2.05, 4.69) is 24.1 Å². The molecule has 0 aliphatic rings. The molecule has 1 unspecified atom stereocenters. The average Bonchev–Trinajstić information content (AvgIpc) is 2.45. The SMILES string of the molecule is CCSCCC(C)NC(=O)c1ccc(C)cc1C#CCN. The Balaban J connectivity index is 2.77. The van der Waals surface area contributed by atoms with Gasteiger partial charge < -0.3 is 11.1 Å². The molecule has 0 aliphatic heterocycles. The monoisotopic (exact) mass is 304 g/mol. The zero-order chi connectivity index (χ0) is 15.7. The first-order valence-corrected chi connectivity index (χ1v) is 8.42. The second kappa shape index (κ2) is 9.49. The number of thioether (sulfide) groups is 1. The molecule has 0 saturated heterocycles. The average molecular weight is 304 g/mol. The van der Waals surface area contributed by atoms with E-state index in [9.17, 15) is 4.79 Å². The maximum absolute atomic E-state index is 12.4. The highest BCUT2D eigenvalue weighted by Gasteiger charge is 2.13. The molecule has 0 spiro atoms. The summed E-state index contributed by atoms with van der Waals surface area (Å²) >= 11 is 1.89. The summed E-state index contributed by atoms with van der Waals surface area (Å²) in [4.78, 5) is 12.4. The molecule has 4 heteroatoms. The Kier molecular flexibility index (Phi) is 7.96. The van der Waals surface area contributed by atoms with E-state index < -0.39 is 0 Å². The fourth-order valence-corrected chi connectivity index (χ4v) is 2.69. The van der Waals surface area contributed by atoms with Gasteiger partial charge in [-0.15, -0.1) is 0 Å². The van der Waals surface area contributed by atoms with Crippen LogP contribution >= 0.6 is 11.8 Å². The standard InChI is InChI=1S/C17H24N2OS/c1-4-21-11-9-14(3)19-17(20)16-8-7-13(2)12-15(16)6-5-10-18/h7-8,12,14H,4,9-11,18H2,1-3H3,(H,19,20). The third kappa shape index (κ3) is 6.24. The van der Waals surface area contributed by atoms with E-state index >= 15 is 0 Å². The van der Waals surface area contributed by atoms with Crippen LogP contribution in [0.15, 0.2) is 18.2 Å². The van der Waals surface area contributed by atoms with Crippen LogP contribution in [0.4, 0.5) is 0 Å². The molecule has 21 heavy (non-hydrogen) atoms. The van der Waals surface area contributed by atoms with E-state index in [1.165, 1.54) is 0 Å². The van der Waals surface area contributed by atoms with Gasteiger partial charge in [0.15, 0.2) is 0 Å². The van der Waals surface area contributed by atoms with Crippen molar-refractivity contribution in [2.24, 2.45) is 5.73 Å².